The summed E-state index contributed by atoms with van der Waals surface area (Å²) >= 11 is 0. The molecule has 2 aromatic rings. The Kier molecular flexibility index (Phi) is 4.18. The average Bonchev–Trinajstić information content (AvgIpc) is 3.01. The lowest BCUT2D eigenvalue weighted by molar-refractivity contribution is 0.0711. The van der Waals surface area contributed by atoms with E-state index in [1.165, 1.54) is 19.2 Å². The quantitative estimate of drug-likeness (QED) is 0.939. The number of aromatic nitrogens is 1. The second-order valence-electron chi connectivity index (χ2n) is 5.57. The third-order valence-corrected chi connectivity index (χ3v) is 4.15. The van der Waals surface area contributed by atoms with E-state index in [9.17, 15) is 9.18 Å². The van der Waals surface area contributed by atoms with E-state index in [4.69, 9.17) is 15.0 Å². The fourth-order valence-electron chi connectivity index (χ4n) is 2.86. The summed E-state index contributed by atoms with van der Waals surface area (Å²) < 4.78 is 23.5. The molecule has 7 heteroatoms. The maximum Gasteiger partial charge on any atom is 0.253 e. The van der Waals surface area contributed by atoms with Crippen LogP contribution in [0.1, 0.15) is 34.8 Å². The summed E-state index contributed by atoms with van der Waals surface area (Å²) in [6, 6.07) is 5.98. The van der Waals surface area contributed by atoms with Crippen molar-refractivity contribution in [1.29, 1.82) is 0 Å². The van der Waals surface area contributed by atoms with Crippen LogP contribution in [-0.2, 0) is 0 Å². The van der Waals surface area contributed by atoms with E-state index in [1.54, 1.807) is 17.0 Å². The highest BCUT2D eigenvalue weighted by Crippen LogP contribution is 2.29. The predicted molar refractivity (Wildman–Crippen MR) is 81.7 cm³/mol. The largest absolute Gasteiger partial charge is 0.494 e. The highest BCUT2D eigenvalue weighted by atomic mass is 19.1. The molecule has 2 heterocycles. The Bertz CT molecular complexity index is 708. The summed E-state index contributed by atoms with van der Waals surface area (Å²) in [6.07, 6.45) is 1.55. The fraction of sp³-hybridized carbons (Fsp3) is 0.375. The Morgan fingerprint density at radius 2 is 2.13 bits per heavy atom. The number of hydrogen-bond acceptors (Lipinski definition) is 5. The van der Waals surface area contributed by atoms with Gasteiger partial charge in [-0.15, -0.1) is 0 Å². The van der Waals surface area contributed by atoms with Gasteiger partial charge in [0.1, 0.15) is 0 Å². The molecule has 0 bridgehead atoms. The monoisotopic (exact) mass is 319 g/mol. The molecule has 23 heavy (non-hydrogen) atoms. The molecule has 122 valence electrons. The summed E-state index contributed by atoms with van der Waals surface area (Å²) in [5.41, 5.74) is 6.69. The van der Waals surface area contributed by atoms with Gasteiger partial charge in [0, 0.05) is 30.6 Å². The standard InChI is InChI=1S/C16H18FN3O3/c1-22-14-3-2-11(8-12(14)17)16(21)20-6-4-10(5-7-20)13-9-15(18)23-19-13/h2-3,8-10H,4-7,18H2,1H3. The van der Waals surface area contributed by atoms with E-state index in [2.05, 4.69) is 5.16 Å². The molecule has 2 N–H and O–H groups in total. The predicted octanol–water partition coefficient (Wildman–Crippen LogP) is 2.42. The minimum atomic E-state index is -0.536. The van der Waals surface area contributed by atoms with Crippen molar-refractivity contribution in [3.8, 4) is 5.75 Å². The molecule has 0 spiro atoms. The van der Waals surface area contributed by atoms with Crippen molar-refractivity contribution in [3.63, 3.8) is 0 Å². The minimum absolute atomic E-state index is 0.129. The smallest absolute Gasteiger partial charge is 0.253 e. The molecule has 1 aromatic heterocycles. The lowest BCUT2D eigenvalue weighted by Gasteiger charge is -2.31. The molecule has 1 fully saturated rings. The Labute approximate surface area is 133 Å². The summed E-state index contributed by atoms with van der Waals surface area (Å²) in [7, 11) is 1.39. The zero-order valence-corrected chi connectivity index (χ0v) is 12.8. The van der Waals surface area contributed by atoms with Crippen molar-refractivity contribution in [2.75, 3.05) is 25.9 Å². The normalized spacial score (nSPS) is 15.7. The summed E-state index contributed by atoms with van der Waals surface area (Å²) in [6.45, 7) is 1.17. The molecule has 1 aliphatic heterocycles. The summed E-state index contributed by atoms with van der Waals surface area (Å²) in [5.74, 6) is -0.0558. The van der Waals surface area contributed by atoms with Gasteiger partial charge in [0.25, 0.3) is 5.91 Å². The highest BCUT2D eigenvalue weighted by molar-refractivity contribution is 5.94. The van der Waals surface area contributed by atoms with Crippen LogP contribution in [0.25, 0.3) is 0 Å². The SMILES string of the molecule is COc1ccc(C(=O)N2CCC(c3cc(N)on3)CC2)cc1F. The molecular weight excluding hydrogens is 301 g/mol. The molecule has 0 unspecified atom stereocenters. The number of ether oxygens (including phenoxy) is 1. The van der Waals surface area contributed by atoms with E-state index in [-0.39, 0.29) is 17.6 Å². The minimum Gasteiger partial charge on any atom is -0.494 e. The lowest BCUT2D eigenvalue weighted by Crippen LogP contribution is -2.38. The maximum atomic E-state index is 13.7. The Morgan fingerprint density at radius 1 is 1.39 bits per heavy atom. The van der Waals surface area contributed by atoms with Crippen molar-refractivity contribution in [2.24, 2.45) is 0 Å². The van der Waals surface area contributed by atoms with Crippen LogP contribution in [0.15, 0.2) is 28.8 Å². The second-order valence-corrected chi connectivity index (χ2v) is 5.57. The number of hydrogen-bond donors (Lipinski definition) is 1. The Hall–Kier alpha value is -2.57. The molecule has 1 aromatic carbocycles. The van der Waals surface area contributed by atoms with Crippen LogP contribution in [0.2, 0.25) is 0 Å². The number of amides is 1. The van der Waals surface area contributed by atoms with Gasteiger partial charge in [-0.2, -0.15) is 0 Å². The van der Waals surface area contributed by atoms with Crippen LogP contribution in [0, 0.1) is 5.82 Å². The van der Waals surface area contributed by atoms with E-state index < -0.39 is 5.82 Å². The van der Waals surface area contributed by atoms with Crippen molar-refractivity contribution in [3.05, 3.63) is 41.3 Å². The number of nitrogen functional groups attached to an aromatic ring is 1. The molecule has 3 rings (SSSR count). The summed E-state index contributed by atoms with van der Waals surface area (Å²) in [4.78, 5) is 14.2. The number of nitrogens with two attached hydrogens (primary N) is 1. The van der Waals surface area contributed by atoms with Gasteiger partial charge in [0.15, 0.2) is 11.6 Å². The van der Waals surface area contributed by atoms with E-state index >= 15 is 0 Å². The molecule has 6 nitrogen and oxygen atoms in total. The number of methoxy groups -OCH3 is 1. The van der Waals surface area contributed by atoms with Crippen molar-refractivity contribution < 1.29 is 18.4 Å². The van der Waals surface area contributed by atoms with Gasteiger partial charge in [-0.05, 0) is 31.0 Å². The molecular formula is C16H18FN3O3. The number of carbonyl (C=O) groups excluding carboxylic acids is 1. The number of rotatable bonds is 3. The third kappa shape index (κ3) is 3.13. The first kappa shape index (κ1) is 15.3. The number of halogens is 1. The first-order valence-corrected chi connectivity index (χ1v) is 7.43. The number of likely N-dealkylation sites (tertiary alicyclic amines) is 1. The zero-order chi connectivity index (χ0) is 16.4. The number of piperidine rings is 1. The van der Waals surface area contributed by atoms with Gasteiger partial charge in [0.2, 0.25) is 5.88 Å². The van der Waals surface area contributed by atoms with Gasteiger partial charge < -0.3 is 19.9 Å². The first-order chi connectivity index (χ1) is 11.1. The molecule has 0 atom stereocenters. The number of benzene rings is 1. The molecule has 1 amide bonds. The van der Waals surface area contributed by atoms with E-state index in [1.807, 2.05) is 0 Å². The van der Waals surface area contributed by atoms with Crippen molar-refractivity contribution in [1.82, 2.24) is 10.1 Å². The topological polar surface area (TPSA) is 81.6 Å². The fourth-order valence-corrected chi connectivity index (χ4v) is 2.86. The van der Waals surface area contributed by atoms with Crippen LogP contribution in [0.4, 0.5) is 10.3 Å². The first-order valence-electron chi connectivity index (χ1n) is 7.43. The molecule has 1 saturated heterocycles. The highest BCUT2D eigenvalue weighted by Gasteiger charge is 2.26. The third-order valence-electron chi connectivity index (χ3n) is 4.15. The van der Waals surface area contributed by atoms with Crippen LogP contribution in [0.5, 0.6) is 5.75 Å². The average molecular weight is 319 g/mol. The summed E-state index contributed by atoms with van der Waals surface area (Å²) in [5, 5.41) is 3.93. The number of nitrogens with zero attached hydrogens (tertiary/aromatic N) is 2. The van der Waals surface area contributed by atoms with Gasteiger partial charge in [-0.25, -0.2) is 4.39 Å². The van der Waals surface area contributed by atoms with E-state index in [0.717, 1.165) is 18.5 Å². The molecule has 0 radical (unpaired) electrons. The van der Waals surface area contributed by atoms with E-state index in [0.29, 0.717) is 24.5 Å². The Balaban J connectivity index is 1.65. The van der Waals surface area contributed by atoms with Crippen LogP contribution >= 0.6 is 0 Å². The molecule has 1 aliphatic rings. The van der Waals surface area contributed by atoms with Crippen LogP contribution in [-0.4, -0.2) is 36.2 Å². The van der Waals surface area contributed by atoms with Crippen molar-refractivity contribution in [2.45, 2.75) is 18.8 Å². The molecule has 0 aliphatic carbocycles. The lowest BCUT2D eigenvalue weighted by atomic mass is 9.93. The maximum absolute atomic E-state index is 13.7. The number of carbonyl (C=O) groups is 1. The van der Waals surface area contributed by atoms with Gasteiger partial charge in [0.05, 0.1) is 12.8 Å². The second kappa shape index (κ2) is 6.28. The van der Waals surface area contributed by atoms with Crippen LogP contribution < -0.4 is 10.5 Å². The molecule has 0 saturated carbocycles. The zero-order valence-electron chi connectivity index (χ0n) is 12.8. The van der Waals surface area contributed by atoms with Gasteiger partial charge >= 0.3 is 0 Å². The number of anilines is 1. The van der Waals surface area contributed by atoms with Gasteiger partial charge in [-0.1, -0.05) is 5.16 Å². The van der Waals surface area contributed by atoms with Crippen molar-refractivity contribution >= 4 is 11.8 Å². The van der Waals surface area contributed by atoms with Gasteiger partial charge in [-0.3, -0.25) is 4.79 Å². The Morgan fingerprint density at radius 3 is 2.70 bits per heavy atom. The van der Waals surface area contributed by atoms with Crippen LogP contribution in [0.3, 0.4) is 0 Å².